The first-order chi connectivity index (χ1) is 7.10. The second-order valence-electron chi connectivity index (χ2n) is 2.96. The van der Waals surface area contributed by atoms with E-state index >= 15 is 0 Å². The maximum atomic E-state index is 12.9. The van der Waals surface area contributed by atoms with Crippen LogP contribution in [0.2, 0.25) is 0 Å². The molecule has 15 heavy (non-hydrogen) atoms. The number of nitrogens with two attached hydrogens (primary N) is 1. The van der Waals surface area contributed by atoms with E-state index in [1.165, 1.54) is 19.2 Å². The average Bonchev–Trinajstić information content (AvgIpc) is 2.27. The maximum Gasteiger partial charge on any atom is 0.196 e. The van der Waals surface area contributed by atoms with Gasteiger partial charge in [0.05, 0.1) is 12.7 Å². The van der Waals surface area contributed by atoms with Gasteiger partial charge < -0.3 is 15.6 Å². The highest BCUT2D eigenvalue weighted by Gasteiger charge is 2.19. The Balaban J connectivity index is 3.11. The lowest BCUT2D eigenvalue weighted by Gasteiger charge is -2.10. The number of ether oxygens (including phenoxy) is 1. The number of carbonyl (C=O) groups is 1. The lowest BCUT2D eigenvalue weighted by Crippen LogP contribution is -2.29. The van der Waals surface area contributed by atoms with Gasteiger partial charge in [0.1, 0.15) is 17.7 Å². The van der Waals surface area contributed by atoms with Gasteiger partial charge >= 0.3 is 0 Å². The van der Waals surface area contributed by atoms with Crippen LogP contribution in [0.25, 0.3) is 0 Å². The van der Waals surface area contributed by atoms with Crippen LogP contribution in [0, 0.1) is 5.82 Å². The molecule has 0 aliphatic heterocycles. The second-order valence-corrected chi connectivity index (χ2v) is 2.96. The molecular formula is C10H12FNO3. The van der Waals surface area contributed by atoms with Crippen LogP contribution in [-0.2, 0) is 0 Å². The predicted molar refractivity (Wildman–Crippen MR) is 52.3 cm³/mol. The number of aliphatic hydroxyl groups excluding tert-OH is 1. The van der Waals surface area contributed by atoms with Gasteiger partial charge in [-0.3, -0.25) is 4.79 Å². The molecule has 1 unspecified atom stereocenters. The lowest BCUT2D eigenvalue weighted by molar-refractivity contribution is 0.0759. The third-order valence-corrected chi connectivity index (χ3v) is 1.95. The molecule has 82 valence electrons. The van der Waals surface area contributed by atoms with Crippen molar-refractivity contribution in [2.24, 2.45) is 5.73 Å². The molecule has 0 spiro atoms. The molecule has 0 fully saturated rings. The molecule has 0 aromatic heterocycles. The Morgan fingerprint density at radius 1 is 1.67 bits per heavy atom. The number of benzene rings is 1. The zero-order valence-corrected chi connectivity index (χ0v) is 8.24. The molecule has 4 nitrogen and oxygen atoms in total. The molecule has 0 amide bonds. The molecular weight excluding hydrogens is 201 g/mol. The molecule has 1 aromatic carbocycles. The summed E-state index contributed by atoms with van der Waals surface area (Å²) in [5.41, 5.74) is 5.13. The van der Waals surface area contributed by atoms with Crippen LogP contribution in [0.4, 0.5) is 4.39 Å². The summed E-state index contributed by atoms with van der Waals surface area (Å²) in [4.78, 5) is 11.5. The third-order valence-electron chi connectivity index (χ3n) is 1.95. The van der Waals surface area contributed by atoms with Crippen LogP contribution in [0.5, 0.6) is 5.75 Å². The van der Waals surface area contributed by atoms with Gasteiger partial charge in [-0.2, -0.15) is 0 Å². The molecule has 0 saturated carbocycles. The quantitative estimate of drug-likeness (QED) is 0.707. The van der Waals surface area contributed by atoms with Gasteiger partial charge in [0.25, 0.3) is 0 Å². The minimum atomic E-state index is -1.33. The number of methoxy groups -OCH3 is 1. The van der Waals surface area contributed by atoms with E-state index in [0.717, 1.165) is 6.07 Å². The van der Waals surface area contributed by atoms with Gasteiger partial charge in [0, 0.05) is 6.54 Å². The molecule has 0 aliphatic carbocycles. The van der Waals surface area contributed by atoms with E-state index < -0.39 is 17.7 Å². The molecule has 0 radical (unpaired) electrons. The van der Waals surface area contributed by atoms with Crippen LogP contribution in [-0.4, -0.2) is 30.6 Å². The summed E-state index contributed by atoms with van der Waals surface area (Å²) in [6, 6.07) is 3.51. The van der Waals surface area contributed by atoms with Gasteiger partial charge in [0.2, 0.25) is 0 Å². The van der Waals surface area contributed by atoms with Gasteiger partial charge in [-0.05, 0) is 18.2 Å². The molecule has 0 heterocycles. The largest absolute Gasteiger partial charge is 0.496 e. The zero-order chi connectivity index (χ0) is 11.4. The van der Waals surface area contributed by atoms with Gasteiger partial charge in [-0.15, -0.1) is 0 Å². The molecule has 0 bridgehead atoms. The fourth-order valence-electron chi connectivity index (χ4n) is 1.16. The number of aliphatic hydroxyl groups is 1. The van der Waals surface area contributed by atoms with Crippen molar-refractivity contribution in [1.29, 1.82) is 0 Å². The third kappa shape index (κ3) is 2.51. The minimum absolute atomic E-state index is 0.00421. The van der Waals surface area contributed by atoms with Gasteiger partial charge in [-0.25, -0.2) is 4.39 Å². The van der Waals surface area contributed by atoms with E-state index in [-0.39, 0.29) is 17.9 Å². The Morgan fingerprint density at radius 3 is 2.87 bits per heavy atom. The molecule has 3 N–H and O–H groups in total. The van der Waals surface area contributed by atoms with Crippen molar-refractivity contribution in [1.82, 2.24) is 0 Å². The minimum Gasteiger partial charge on any atom is -0.496 e. The Hall–Kier alpha value is -1.46. The van der Waals surface area contributed by atoms with Gasteiger partial charge in [-0.1, -0.05) is 0 Å². The summed E-state index contributed by atoms with van der Waals surface area (Å²) in [6.07, 6.45) is -1.33. The van der Waals surface area contributed by atoms with Crippen molar-refractivity contribution < 1.29 is 19.0 Å². The standard InChI is InChI=1S/C10H12FNO3/c1-15-9-3-2-6(11)4-7(9)10(14)8(13)5-12/h2-4,8,13H,5,12H2,1H3. The highest BCUT2D eigenvalue weighted by Crippen LogP contribution is 2.20. The summed E-state index contributed by atoms with van der Waals surface area (Å²) >= 11 is 0. The first-order valence-electron chi connectivity index (χ1n) is 4.36. The van der Waals surface area contributed by atoms with Crippen LogP contribution in [0.3, 0.4) is 0 Å². The van der Waals surface area contributed by atoms with E-state index in [0.29, 0.717) is 0 Å². The highest BCUT2D eigenvalue weighted by molar-refractivity contribution is 6.01. The maximum absolute atomic E-state index is 12.9. The van der Waals surface area contributed by atoms with E-state index in [4.69, 9.17) is 10.5 Å². The Bertz CT molecular complexity index is 368. The Labute approximate surface area is 86.5 Å². The Morgan fingerprint density at radius 2 is 2.33 bits per heavy atom. The number of halogens is 1. The SMILES string of the molecule is COc1ccc(F)cc1C(=O)C(O)CN. The van der Waals surface area contributed by atoms with Crippen molar-refractivity contribution in [2.75, 3.05) is 13.7 Å². The number of hydrogen-bond donors (Lipinski definition) is 2. The molecule has 1 aromatic rings. The molecule has 0 saturated heterocycles. The van der Waals surface area contributed by atoms with E-state index in [2.05, 4.69) is 0 Å². The highest BCUT2D eigenvalue weighted by atomic mass is 19.1. The molecule has 0 aliphatic rings. The summed E-state index contributed by atoms with van der Waals surface area (Å²) in [6.45, 7) is -0.210. The van der Waals surface area contributed by atoms with Crippen molar-refractivity contribution in [3.8, 4) is 5.75 Å². The van der Waals surface area contributed by atoms with E-state index in [1.807, 2.05) is 0 Å². The molecule has 1 atom stereocenters. The van der Waals surface area contributed by atoms with E-state index in [1.54, 1.807) is 0 Å². The van der Waals surface area contributed by atoms with Crippen molar-refractivity contribution in [2.45, 2.75) is 6.10 Å². The van der Waals surface area contributed by atoms with E-state index in [9.17, 15) is 14.3 Å². The van der Waals surface area contributed by atoms with Crippen LogP contribution < -0.4 is 10.5 Å². The zero-order valence-electron chi connectivity index (χ0n) is 8.24. The molecule has 1 rings (SSSR count). The average molecular weight is 213 g/mol. The summed E-state index contributed by atoms with van der Waals surface area (Å²) < 4.78 is 17.8. The lowest BCUT2D eigenvalue weighted by atomic mass is 10.1. The first-order valence-corrected chi connectivity index (χ1v) is 4.36. The van der Waals surface area contributed by atoms with Gasteiger partial charge in [0.15, 0.2) is 5.78 Å². The summed E-state index contributed by atoms with van der Waals surface area (Å²) in [5.74, 6) is -0.994. The normalized spacial score (nSPS) is 12.3. The van der Waals surface area contributed by atoms with Crippen molar-refractivity contribution in [3.05, 3.63) is 29.6 Å². The number of Topliss-reactive ketones (excluding diaryl/α,β-unsaturated/α-hetero) is 1. The summed E-state index contributed by atoms with van der Waals surface area (Å²) in [7, 11) is 1.36. The molecule has 5 heteroatoms. The monoisotopic (exact) mass is 213 g/mol. The number of rotatable bonds is 4. The Kier molecular flexibility index (Phi) is 3.76. The summed E-state index contributed by atoms with van der Waals surface area (Å²) in [5, 5.41) is 9.24. The van der Waals surface area contributed by atoms with Crippen molar-refractivity contribution in [3.63, 3.8) is 0 Å². The number of hydrogen-bond acceptors (Lipinski definition) is 4. The predicted octanol–water partition coefficient (Wildman–Crippen LogP) is 0.337. The van der Waals surface area contributed by atoms with Crippen LogP contribution >= 0.6 is 0 Å². The fraction of sp³-hybridized carbons (Fsp3) is 0.300. The fourth-order valence-corrected chi connectivity index (χ4v) is 1.16. The first kappa shape index (κ1) is 11.6. The topological polar surface area (TPSA) is 72.5 Å². The second kappa shape index (κ2) is 4.86. The number of carbonyl (C=O) groups excluding carboxylic acids is 1. The van der Waals surface area contributed by atoms with Crippen LogP contribution in [0.1, 0.15) is 10.4 Å². The van der Waals surface area contributed by atoms with Crippen LogP contribution in [0.15, 0.2) is 18.2 Å². The van der Waals surface area contributed by atoms with Crippen molar-refractivity contribution >= 4 is 5.78 Å². The number of ketones is 1. The smallest absolute Gasteiger partial charge is 0.196 e.